The lowest BCUT2D eigenvalue weighted by atomic mass is 10.0. The van der Waals surface area contributed by atoms with Crippen LogP contribution in [0.3, 0.4) is 0 Å². The molecule has 2 aliphatic heterocycles. The van der Waals surface area contributed by atoms with Crippen molar-refractivity contribution in [3.63, 3.8) is 0 Å². The smallest absolute Gasteiger partial charge is 0.430 e. The molecule has 0 radical (unpaired) electrons. The van der Waals surface area contributed by atoms with Crippen LogP contribution in [0.2, 0.25) is 0 Å². The van der Waals surface area contributed by atoms with Crippen molar-refractivity contribution >= 4 is 11.9 Å². The van der Waals surface area contributed by atoms with Crippen molar-refractivity contribution in [3.05, 3.63) is 71.8 Å². The quantitative estimate of drug-likeness (QED) is 0.391. The molecule has 0 aliphatic carbocycles. The van der Waals surface area contributed by atoms with E-state index in [1.165, 1.54) is 63.0 Å². The van der Waals surface area contributed by atoms with E-state index in [0.717, 1.165) is 22.1 Å². The Morgan fingerprint density at radius 2 is 0.864 bits per heavy atom. The molecular weight excluding hydrogens is 594 g/mol. The molecule has 2 aromatic rings. The van der Waals surface area contributed by atoms with Gasteiger partial charge in [-0.15, -0.1) is 0 Å². The third-order valence-electron chi connectivity index (χ3n) is 7.44. The number of carboxylic acid groups (broad SMARTS) is 2. The summed E-state index contributed by atoms with van der Waals surface area (Å²) in [7, 11) is 4.69. The topological polar surface area (TPSA) is 132 Å². The summed E-state index contributed by atoms with van der Waals surface area (Å²) in [5.41, 5.74) is 14.8. The Balaban J connectivity index is 0.000000314. The van der Waals surface area contributed by atoms with Gasteiger partial charge in [0.15, 0.2) is 0 Å². The highest BCUT2D eigenvalue weighted by Crippen LogP contribution is 2.20. The molecule has 2 heterocycles. The molecule has 0 aromatic heterocycles. The SMILES string of the molecule is C[N+]1(Cc2ccccc2)CCC(N)CC1.C[N+]1(Cc2ccccc2)CCC(N)CC1.O=C([O-])C(F)(F)F.O=C([O-])C(F)(F)F. The normalized spacial score (nSPS) is 25.0. The number of carbonyl (C=O) groups is 2. The maximum absolute atomic E-state index is 10.5. The number of piperidine rings is 2. The number of halogens is 6. The summed E-state index contributed by atoms with van der Waals surface area (Å²) in [5, 5.41) is 17.6. The Bertz CT molecular complexity index is 1030. The van der Waals surface area contributed by atoms with Gasteiger partial charge in [-0.2, -0.15) is 26.3 Å². The summed E-state index contributed by atoms with van der Waals surface area (Å²) in [4.78, 5) is 17.6. The number of alkyl halides is 6. The lowest BCUT2D eigenvalue weighted by Gasteiger charge is -2.39. The number of nitrogens with two attached hydrogens (primary N) is 2. The van der Waals surface area contributed by atoms with Gasteiger partial charge in [0.2, 0.25) is 0 Å². The zero-order valence-electron chi connectivity index (χ0n) is 24.9. The molecule has 2 aromatic carbocycles. The first-order valence-corrected chi connectivity index (χ1v) is 14.1. The van der Waals surface area contributed by atoms with Gasteiger partial charge < -0.3 is 40.2 Å². The van der Waals surface area contributed by atoms with Gasteiger partial charge in [-0.3, -0.25) is 0 Å². The summed E-state index contributed by atoms with van der Waals surface area (Å²) < 4.78 is 65.4. The van der Waals surface area contributed by atoms with E-state index in [9.17, 15) is 26.3 Å². The zero-order valence-corrected chi connectivity index (χ0v) is 24.9. The molecule has 0 saturated carbocycles. The van der Waals surface area contributed by atoms with Crippen LogP contribution in [0.1, 0.15) is 36.8 Å². The Morgan fingerprint density at radius 3 is 1.07 bits per heavy atom. The number of quaternary nitrogens is 2. The fraction of sp³-hybridized carbons (Fsp3) is 0.533. The number of hydrogen-bond acceptors (Lipinski definition) is 6. The van der Waals surface area contributed by atoms with Crippen LogP contribution in [0.5, 0.6) is 0 Å². The lowest BCUT2D eigenvalue weighted by molar-refractivity contribution is -0.927. The summed E-state index contributed by atoms with van der Waals surface area (Å²) in [6.45, 7) is 7.17. The Morgan fingerprint density at radius 1 is 0.636 bits per heavy atom. The maximum atomic E-state index is 10.5. The average Bonchev–Trinajstić information content (AvgIpc) is 2.93. The molecule has 0 amide bonds. The van der Waals surface area contributed by atoms with Gasteiger partial charge in [-0.25, -0.2) is 0 Å². The summed E-state index contributed by atoms with van der Waals surface area (Å²) in [6, 6.07) is 22.4. The monoisotopic (exact) mass is 636 g/mol. The first-order chi connectivity index (χ1) is 20.2. The summed E-state index contributed by atoms with van der Waals surface area (Å²) in [6.07, 6.45) is -5.71. The first-order valence-electron chi connectivity index (χ1n) is 14.1. The number of nitrogens with zero attached hydrogens (tertiary/aromatic N) is 2. The fourth-order valence-corrected chi connectivity index (χ4v) is 4.79. The highest BCUT2D eigenvalue weighted by Gasteiger charge is 2.30. The first kappa shape index (κ1) is 38.8. The van der Waals surface area contributed by atoms with Crippen molar-refractivity contribution in [1.29, 1.82) is 0 Å². The van der Waals surface area contributed by atoms with E-state index >= 15 is 0 Å². The molecule has 0 atom stereocenters. The highest BCUT2D eigenvalue weighted by atomic mass is 19.4. The molecule has 0 spiro atoms. The van der Waals surface area contributed by atoms with E-state index in [0.29, 0.717) is 12.1 Å². The van der Waals surface area contributed by atoms with Crippen LogP contribution < -0.4 is 21.7 Å². The average molecular weight is 637 g/mol. The van der Waals surface area contributed by atoms with E-state index in [-0.39, 0.29) is 0 Å². The standard InChI is InChI=1S/2C13H21N2.2C2HF3O2/c2*1-15(9-7-13(14)8-10-15)11-12-5-3-2-4-6-12;2*3-2(4,5)1(6)7/h2*2-6,13H,7-11,14H2,1H3;2*(H,6,7)/q2*+1;;/p-2. The van der Waals surface area contributed by atoms with Crippen LogP contribution in [-0.2, 0) is 22.7 Å². The van der Waals surface area contributed by atoms with E-state index in [1.54, 1.807) is 0 Å². The number of carbonyl (C=O) groups excluding carboxylic acids is 2. The minimum absolute atomic E-state index is 0.437. The molecule has 2 aliphatic rings. The van der Waals surface area contributed by atoms with Gasteiger partial charge in [0, 0.05) is 48.9 Å². The second-order valence-electron chi connectivity index (χ2n) is 11.7. The van der Waals surface area contributed by atoms with E-state index in [4.69, 9.17) is 31.3 Å². The Hall–Kier alpha value is -3.20. The molecule has 8 nitrogen and oxygen atoms in total. The molecule has 4 rings (SSSR count). The Labute approximate surface area is 254 Å². The molecule has 0 unspecified atom stereocenters. The lowest BCUT2D eigenvalue weighted by Crippen LogP contribution is -2.51. The number of aliphatic carboxylic acids is 2. The molecule has 14 heteroatoms. The number of rotatable bonds is 4. The summed E-state index contributed by atoms with van der Waals surface area (Å²) >= 11 is 0. The highest BCUT2D eigenvalue weighted by molar-refractivity contribution is 5.71. The van der Waals surface area contributed by atoms with Crippen molar-refractivity contribution in [1.82, 2.24) is 0 Å². The van der Waals surface area contributed by atoms with Gasteiger partial charge in [-0.05, 0) is 0 Å². The van der Waals surface area contributed by atoms with Crippen LogP contribution in [0.15, 0.2) is 60.7 Å². The second-order valence-corrected chi connectivity index (χ2v) is 11.7. The minimum atomic E-state index is -5.19. The fourth-order valence-electron chi connectivity index (χ4n) is 4.79. The minimum Gasteiger partial charge on any atom is -0.542 e. The third kappa shape index (κ3) is 16.0. The molecule has 2 saturated heterocycles. The van der Waals surface area contributed by atoms with Crippen molar-refractivity contribution in [2.45, 2.75) is 63.2 Å². The van der Waals surface area contributed by atoms with Crippen LogP contribution in [0, 0.1) is 0 Å². The number of hydrogen-bond donors (Lipinski definition) is 2. The summed E-state index contributed by atoms with van der Waals surface area (Å²) in [5.74, 6) is -6.01. The number of carboxylic acids is 2. The third-order valence-corrected chi connectivity index (χ3v) is 7.44. The maximum Gasteiger partial charge on any atom is 0.430 e. The van der Waals surface area contributed by atoms with E-state index in [1.807, 2.05) is 0 Å². The van der Waals surface area contributed by atoms with Crippen molar-refractivity contribution in [3.8, 4) is 0 Å². The van der Waals surface area contributed by atoms with Gasteiger partial charge in [0.05, 0.1) is 40.3 Å². The van der Waals surface area contributed by atoms with Gasteiger partial charge in [0.25, 0.3) is 0 Å². The molecule has 248 valence electrons. The molecular formula is C30H42F6N4O4. The number of benzene rings is 2. The molecule has 0 bridgehead atoms. The zero-order chi connectivity index (χ0) is 33.6. The van der Waals surface area contributed by atoms with Crippen molar-refractivity contribution < 1.29 is 55.1 Å². The van der Waals surface area contributed by atoms with Gasteiger partial charge in [0.1, 0.15) is 25.0 Å². The van der Waals surface area contributed by atoms with Crippen molar-refractivity contribution in [2.24, 2.45) is 11.5 Å². The number of likely N-dealkylation sites (tertiary alicyclic amines) is 2. The van der Waals surface area contributed by atoms with E-state index in [2.05, 4.69) is 74.8 Å². The molecule has 44 heavy (non-hydrogen) atoms. The van der Waals surface area contributed by atoms with Crippen LogP contribution in [-0.4, -0.2) is 85.6 Å². The largest absolute Gasteiger partial charge is 0.542 e. The Kier molecular flexibility index (Phi) is 15.3. The predicted molar refractivity (Wildman–Crippen MR) is 149 cm³/mol. The predicted octanol–water partition coefficient (Wildman–Crippen LogP) is 2.11. The van der Waals surface area contributed by atoms with Gasteiger partial charge >= 0.3 is 12.4 Å². The van der Waals surface area contributed by atoms with E-state index < -0.39 is 24.3 Å². The molecule has 2 fully saturated rings. The van der Waals surface area contributed by atoms with Gasteiger partial charge in [-0.1, -0.05) is 60.7 Å². The van der Waals surface area contributed by atoms with Crippen LogP contribution >= 0.6 is 0 Å². The van der Waals surface area contributed by atoms with Crippen LogP contribution in [0.25, 0.3) is 0 Å². The molecule has 4 N–H and O–H groups in total. The second kappa shape index (κ2) is 17.3. The van der Waals surface area contributed by atoms with Crippen LogP contribution in [0.4, 0.5) is 26.3 Å². The van der Waals surface area contributed by atoms with Crippen molar-refractivity contribution in [2.75, 3.05) is 40.3 Å².